The van der Waals surface area contributed by atoms with E-state index in [0.29, 0.717) is 26.2 Å². The first-order chi connectivity index (χ1) is 16.1. The number of hydrogen-bond donors (Lipinski definition) is 1. The molecule has 0 bridgehead atoms. The zero-order valence-corrected chi connectivity index (χ0v) is 18.7. The van der Waals surface area contributed by atoms with E-state index in [9.17, 15) is 9.18 Å². The van der Waals surface area contributed by atoms with Gasteiger partial charge in [-0.05, 0) is 47.7 Å². The van der Waals surface area contributed by atoms with Crippen molar-refractivity contribution in [3.63, 3.8) is 0 Å². The molecule has 0 unspecified atom stereocenters. The molecule has 0 radical (unpaired) electrons. The number of nitrogens with one attached hydrogen (secondary N) is 1. The van der Waals surface area contributed by atoms with Crippen molar-refractivity contribution in [2.24, 2.45) is 0 Å². The average Bonchev–Trinajstić information content (AvgIpc) is 3.25. The molecule has 0 fully saturated rings. The molecule has 3 aromatic carbocycles. The van der Waals surface area contributed by atoms with Crippen LogP contribution in [0.5, 0.6) is 0 Å². The SMILES string of the molecule is COCCCN(Cc1cccn1Cc1cccc(F)c1)C(=O)Nc1cccc2ccccc12. The van der Waals surface area contributed by atoms with Gasteiger partial charge in [0.1, 0.15) is 5.82 Å². The van der Waals surface area contributed by atoms with Gasteiger partial charge in [-0.1, -0.05) is 48.5 Å². The number of urea groups is 1. The van der Waals surface area contributed by atoms with Crippen LogP contribution in [0.1, 0.15) is 17.7 Å². The van der Waals surface area contributed by atoms with Crippen LogP contribution in [0.15, 0.2) is 85.1 Å². The fraction of sp³-hybridized carbons (Fsp3) is 0.222. The number of fused-ring (bicyclic) bond motifs is 1. The molecule has 0 aliphatic carbocycles. The van der Waals surface area contributed by atoms with Gasteiger partial charge in [-0.25, -0.2) is 9.18 Å². The Balaban J connectivity index is 1.53. The lowest BCUT2D eigenvalue weighted by Crippen LogP contribution is -2.36. The zero-order chi connectivity index (χ0) is 23.0. The van der Waals surface area contributed by atoms with E-state index >= 15 is 0 Å². The molecule has 0 aliphatic rings. The summed E-state index contributed by atoms with van der Waals surface area (Å²) in [6, 6.07) is 24.2. The minimum atomic E-state index is -0.253. The van der Waals surface area contributed by atoms with Crippen LogP contribution >= 0.6 is 0 Å². The molecule has 4 rings (SSSR count). The van der Waals surface area contributed by atoms with Crippen molar-refractivity contribution in [1.82, 2.24) is 9.47 Å². The van der Waals surface area contributed by atoms with Crippen LogP contribution in [0.3, 0.4) is 0 Å². The maximum atomic E-state index is 13.6. The van der Waals surface area contributed by atoms with Crippen LogP contribution in [0.4, 0.5) is 14.9 Å². The van der Waals surface area contributed by atoms with E-state index in [1.807, 2.05) is 71.4 Å². The van der Waals surface area contributed by atoms with E-state index in [4.69, 9.17) is 4.74 Å². The molecule has 6 heteroatoms. The molecule has 1 heterocycles. The third-order valence-electron chi connectivity index (χ3n) is 5.61. The van der Waals surface area contributed by atoms with Crippen molar-refractivity contribution in [1.29, 1.82) is 0 Å². The second kappa shape index (κ2) is 10.8. The fourth-order valence-corrected chi connectivity index (χ4v) is 3.96. The Morgan fingerprint density at radius 1 is 1.03 bits per heavy atom. The van der Waals surface area contributed by atoms with E-state index in [-0.39, 0.29) is 11.8 Å². The van der Waals surface area contributed by atoms with E-state index in [1.165, 1.54) is 12.1 Å². The molecular weight excluding hydrogens is 417 g/mol. The Morgan fingerprint density at radius 2 is 1.85 bits per heavy atom. The minimum Gasteiger partial charge on any atom is -0.385 e. The highest BCUT2D eigenvalue weighted by molar-refractivity contribution is 6.01. The summed E-state index contributed by atoms with van der Waals surface area (Å²) in [4.78, 5) is 15.1. The quantitative estimate of drug-likeness (QED) is 0.326. The van der Waals surface area contributed by atoms with Crippen LogP contribution in [0.25, 0.3) is 10.8 Å². The van der Waals surface area contributed by atoms with Gasteiger partial charge in [0.05, 0.1) is 12.2 Å². The van der Waals surface area contributed by atoms with Crippen LogP contribution in [0.2, 0.25) is 0 Å². The third-order valence-corrected chi connectivity index (χ3v) is 5.61. The second-order valence-corrected chi connectivity index (χ2v) is 7.98. The van der Waals surface area contributed by atoms with Gasteiger partial charge >= 0.3 is 6.03 Å². The van der Waals surface area contributed by atoms with Crippen molar-refractivity contribution in [3.05, 3.63) is 102 Å². The van der Waals surface area contributed by atoms with E-state index in [1.54, 1.807) is 18.1 Å². The first-order valence-electron chi connectivity index (χ1n) is 11.0. The molecule has 0 saturated heterocycles. The average molecular weight is 446 g/mol. The third kappa shape index (κ3) is 5.79. The largest absolute Gasteiger partial charge is 0.385 e. The summed E-state index contributed by atoms with van der Waals surface area (Å²) >= 11 is 0. The summed E-state index contributed by atoms with van der Waals surface area (Å²) in [5.74, 6) is -0.253. The normalized spacial score (nSPS) is 11.0. The monoisotopic (exact) mass is 445 g/mol. The lowest BCUT2D eigenvalue weighted by molar-refractivity contribution is 0.171. The summed E-state index contributed by atoms with van der Waals surface area (Å²) in [6.45, 7) is 2.09. The number of aromatic nitrogens is 1. The van der Waals surface area contributed by atoms with Gasteiger partial charge in [0.2, 0.25) is 0 Å². The number of amides is 2. The number of anilines is 1. The first kappa shape index (κ1) is 22.6. The predicted octanol–water partition coefficient (Wildman–Crippen LogP) is 5.90. The van der Waals surface area contributed by atoms with Crippen molar-refractivity contribution >= 4 is 22.5 Å². The van der Waals surface area contributed by atoms with Crippen LogP contribution in [-0.4, -0.2) is 35.8 Å². The maximum Gasteiger partial charge on any atom is 0.322 e. The lowest BCUT2D eigenvalue weighted by atomic mass is 10.1. The highest BCUT2D eigenvalue weighted by Gasteiger charge is 2.17. The fourth-order valence-electron chi connectivity index (χ4n) is 3.96. The van der Waals surface area contributed by atoms with Crippen LogP contribution < -0.4 is 5.32 Å². The van der Waals surface area contributed by atoms with Gasteiger partial charge in [-0.3, -0.25) is 0 Å². The smallest absolute Gasteiger partial charge is 0.322 e. The molecule has 33 heavy (non-hydrogen) atoms. The van der Waals surface area contributed by atoms with Gasteiger partial charge in [-0.15, -0.1) is 0 Å². The highest BCUT2D eigenvalue weighted by atomic mass is 19.1. The highest BCUT2D eigenvalue weighted by Crippen LogP contribution is 2.23. The number of ether oxygens (including phenoxy) is 1. The molecule has 4 aromatic rings. The number of nitrogens with zero attached hydrogens (tertiary/aromatic N) is 2. The summed E-state index contributed by atoms with van der Waals surface area (Å²) in [7, 11) is 1.66. The summed E-state index contributed by atoms with van der Waals surface area (Å²) in [5.41, 5.74) is 2.63. The zero-order valence-electron chi connectivity index (χ0n) is 18.7. The van der Waals surface area contributed by atoms with Gasteiger partial charge in [0.25, 0.3) is 0 Å². The molecule has 1 aromatic heterocycles. The molecule has 2 amide bonds. The van der Waals surface area contributed by atoms with Crippen molar-refractivity contribution in [3.8, 4) is 0 Å². The number of rotatable bonds is 9. The second-order valence-electron chi connectivity index (χ2n) is 7.98. The van der Waals surface area contributed by atoms with Crippen LogP contribution in [-0.2, 0) is 17.8 Å². The van der Waals surface area contributed by atoms with Crippen molar-refractivity contribution in [2.75, 3.05) is 25.6 Å². The molecule has 5 nitrogen and oxygen atoms in total. The number of hydrogen-bond acceptors (Lipinski definition) is 2. The number of carbonyl (C=O) groups excluding carboxylic acids is 1. The predicted molar refractivity (Wildman–Crippen MR) is 130 cm³/mol. The molecule has 170 valence electrons. The molecule has 0 atom stereocenters. The molecule has 0 saturated carbocycles. The summed E-state index contributed by atoms with van der Waals surface area (Å²) in [5, 5.41) is 5.16. The van der Waals surface area contributed by atoms with Gasteiger partial charge < -0.3 is 19.5 Å². The minimum absolute atomic E-state index is 0.166. The van der Waals surface area contributed by atoms with Gasteiger partial charge in [0.15, 0.2) is 0 Å². The Labute approximate surface area is 193 Å². The van der Waals surface area contributed by atoms with Crippen molar-refractivity contribution in [2.45, 2.75) is 19.5 Å². The maximum absolute atomic E-state index is 13.6. The summed E-state index contributed by atoms with van der Waals surface area (Å²) < 4.78 is 20.9. The Kier molecular flexibility index (Phi) is 7.37. The number of methoxy groups -OCH3 is 1. The summed E-state index contributed by atoms with van der Waals surface area (Å²) in [6.07, 6.45) is 2.68. The number of benzene rings is 3. The lowest BCUT2D eigenvalue weighted by Gasteiger charge is -2.24. The van der Waals surface area contributed by atoms with Crippen molar-refractivity contribution < 1.29 is 13.9 Å². The van der Waals surface area contributed by atoms with Gasteiger partial charge in [-0.2, -0.15) is 0 Å². The topological polar surface area (TPSA) is 46.5 Å². The van der Waals surface area contributed by atoms with Gasteiger partial charge in [0, 0.05) is 44.1 Å². The van der Waals surface area contributed by atoms with E-state index < -0.39 is 0 Å². The molecular formula is C27H28FN3O2. The van der Waals surface area contributed by atoms with E-state index in [2.05, 4.69) is 5.32 Å². The standard InChI is InChI=1S/C27H28FN3O2/c1-33-17-7-16-31(27(32)29-26-14-5-10-22-9-2-3-13-25(22)26)20-24-12-6-15-30(24)19-21-8-4-11-23(28)18-21/h2-6,8-15,18H,7,16-17,19-20H2,1H3,(H,29,32). The number of halogens is 1. The number of carbonyl (C=O) groups is 1. The van der Waals surface area contributed by atoms with Crippen LogP contribution in [0, 0.1) is 5.82 Å². The Hall–Kier alpha value is -3.64. The Bertz CT molecular complexity index is 1220. The first-order valence-corrected chi connectivity index (χ1v) is 11.0. The molecule has 0 aliphatic heterocycles. The van der Waals surface area contributed by atoms with E-state index in [0.717, 1.165) is 34.1 Å². The molecule has 1 N–H and O–H groups in total. The molecule has 0 spiro atoms. The Morgan fingerprint density at radius 3 is 2.70 bits per heavy atom.